The lowest BCUT2D eigenvalue weighted by Gasteiger charge is -2.34. The lowest BCUT2D eigenvalue weighted by atomic mass is 10.0. The van der Waals surface area contributed by atoms with Gasteiger partial charge in [-0.2, -0.15) is 0 Å². The summed E-state index contributed by atoms with van der Waals surface area (Å²) in [5, 5.41) is 5.13. The standard InChI is InChI=1S/C32H38N4O7/c1-7-42-27(38)19-21(2)36-28(23-11-9-8-10-12-23)30(40)35(6)25-15-13-22(20-24(25)29(36)39)14-16-26(37)33-17-18-34-31(41)43-32(3,4)5/h8-13,15,20-21,28H,7,17-19H2,1-6H3,(H,33,37)(H,34,41). The summed E-state index contributed by atoms with van der Waals surface area (Å²) in [5.41, 5.74) is 0.943. The second-order valence-electron chi connectivity index (χ2n) is 10.9. The molecule has 0 saturated heterocycles. The van der Waals surface area contributed by atoms with E-state index in [-0.39, 0.29) is 37.6 Å². The molecule has 0 aliphatic carbocycles. The molecule has 2 aromatic rings. The van der Waals surface area contributed by atoms with E-state index in [1.165, 1.54) is 15.9 Å². The van der Waals surface area contributed by atoms with Gasteiger partial charge >= 0.3 is 12.1 Å². The van der Waals surface area contributed by atoms with E-state index in [0.717, 1.165) is 0 Å². The van der Waals surface area contributed by atoms with E-state index in [0.29, 0.717) is 16.8 Å². The molecular weight excluding hydrogens is 552 g/mol. The minimum Gasteiger partial charge on any atom is -0.466 e. The van der Waals surface area contributed by atoms with E-state index in [4.69, 9.17) is 9.47 Å². The van der Waals surface area contributed by atoms with Crippen LogP contribution in [0.25, 0.3) is 0 Å². The SMILES string of the molecule is CCOC(=O)CC(C)N1C(=O)c2cc(C#CC(=O)NCCNC(=O)OC(C)(C)C)ccc2N(C)C(=O)C1c1ccccc1. The first-order valence-corrected chi connectivity index (χ1v) is 14.0. The minimum atomic E-state index is -0.981. The van der Waals surface area contributed by atoms with Gasteiger partial charge in [-0.05, 0) is 58.4 Å². The van der Waals surface area contributed by atoms with Crippen LogP contribution in [0.3, 0.4) is 0 Å². The molecule has 2 N–H and O–H groups in total. The number of alkyl carbamates (subject to hydrolysis) is 1. The summed E-state index contributed by atoms with van der Waals surface area (Å²) in [5.74, 6) is 3.38. The van der Waals surface area contributed by atoms with E-state index < -0.39 is 41.6 Å². The summed E-state index contributed by atoms with van der Waals surface area (Å²) in [7, 11) is 1.59. The lowest BCUT2D eigenvalue weighted by molar-refractivity contribution is -0.144. The first kappa shape index (κ1) is 32.7. The number of benzene rings is 2. The molecule has 1 aliphatic rings. The Labute approximate surface area is 251 Å². The zero-order valence-corrected chi connectivity index (χ0v) is 25.4. The molecule has 2 aromatic carbocycles. The van der Waals surface area contributed by atoms with Crippen molar-refractivity contribution >= 4 is 35.5 Å². The molecule has 228 valence electrons. The van der Waals surface area contributed by atoms with Crippen LogP contribution in [0.5, 0.6) is 0 Å². The van der Waals surface area contributed by atoms with E-state index >= 15 is 0 Å². The first-order valence-electron chi connectivity index (χ1n) is 14.0. The van der Waals surface area contributed by atoms with Crippen molar-refractivity contribution in [2.45, 2.75) is 58.7 Å². The van der Waals surface area contributed by atoms with Crippen LogP contribution >= 0.6 is 0 Å². The summed E-state index contributed by atoms with van der Waals surface area (Å²) in [6.45, 7) is 9.13. The number of carbonyl (C=O) groups is 5. The molecule has 2 atom stereocenters. The third-order valence-corrected chi connectivity index (χ3v) is 6.42. The number of ether oxygens (including phenoxy) is 2. The number of nitrogens with one attached hydrogen (secondary N) is 2. The van der Waals surface area contributed by atoms with Gasteiger partial charge in [0.25, 0.3) is 17.7 Å². The number of likely N-dealkylation sites (N-methyl/N-ethyl adjacent to an activating group) is 1. The molecule has 0 fully saturated rings. The second-order valence-corrected chi connectivity index (χ2v) is 10.9. The number of carbonyl (C=O) groups excluding carboxylic acids is 5. The number of fused-ring (bicyclic) bond motifs is 1. The van der Waals surface area contributed by atoms with E-state index in [9.17, 15) is 24.0 Å². The van der Waals surface area contributed by atoms with Crippen molar-refractivity contribution in [1.29, 1.82) is 0 Å². The number of hydrogen-bond acceptors (Lipinski definition) is 7. The fourth-order valence-corrected chi connectivity index (χ4v) is 4.54. The Bertz CT molecular complexity index is 1420. The quantitative estimate of drug-likeness (QED) is 0.274. The maximum atomic E-state index is 14.1. The topological polar surface area (TPSA) is 134 Å². The van der Waals surface area contributed by atoms with Gasteiger partial charge in [-0.25, -0.2) is 4.79 Å². The molecule has 0 saturated carbocycles. The van der Waals surface area contributed by atoms with Gasteiger partial charge in [0, 0.05) is 37.7 Å². The largest absolute Gasteiger partial charge is 0.466 e. The van der Waals surface area contributed by atoms with Crippen molar-refractivity contribution in [3.05, 3.63) is 65.2 Å². The van der Waals surface area contributed by atoms with Crippen molar-refractivity contribution in [2.24, 2.45) is 0 Å². The number of amides is 4. The highest BCUT2D eigenvalue weighted by Crippen LogP contribution is 2.36. The van der Waals surface area contributed by atoms with Crippen LogP contribution in [-0.4, -0.2) is 73.1 Å². The highest BCUT2D eigenvalue weighted by Gasteiger charge is 2.42. The van der Waals surface area contributed by atoms with Crippen molar-refractivity contribution in [1.82, 2.24) is 15.5 Å². The number of hydrogen-bond donors (Lipinski definition) is 2. The Balaban J connectivity index is 1.84. The molecular formula is C32H38N4O7. The van der Waals surface area contributed by atoms with Crippen LogP contribution in [-0.2, 0) is 23.9 Å². The van der Waals surface area contributed by atoms with E-state index in [2.05, 4.69) is 22.5 Å². The third kappa shape index (κ3) is 8.82. The molecule has 0 bridgehead atoms. The van der Waals surface area contributed by atoms with Crippen molar-refractivity contribution in [3.63, 3.8) is 0 Å². The predicted molar refractivity (Wildman–Crippen MR) is 160 cm³/mol. The molecule has 43 heavy (non-hydrogen) atoms. The minimum absolute atomic E-state index is 0.0995. The fraction of sp³-hybridized carbons (Fsp3) is 0.406. The molecule has 0 aromatic heterocycles. The Kier molecular flexibility index (Phi) is 10.9. The molecule has 0 radical (unpaired) electrons. The summed E-state index contributed by atoms with van der Waals surface area (Å²) < 4.78 is 10.3. The van der Waals surface area contributed by atoms with Crippen LogP contribution in [0.15, 0.2) is 48.5 Å². The highest BCUT2D eigenvalue weighted by molar-refractivity contribution is 6.11. The number of rotatable bonds is 8. The third-order valence-electron chi connectivity index (χ3n) is 6.42. The Morgan fingerprint density at radius 2 is 1.70 bits per heavy atom. The van der Waals surface area contributed by atoms with Crippen molar-refractivity contribution in [2.75, 3.05) is 31.6 Å². The summed E-state index contributed by atoms with van der Waals surface area (Å²) >= 11 is 0. The Morgan fingerprint density at radius 3 is 2.35 bits per heavy atom. The zero-order valence-electron chi connectivity index (χ0n) is 25.4. The van der Waals surface area contributed by atoms with Crippen molar-refractivity contribution in [3.8, 4) is 11.8 Å². The van der Waals surface area contributed by atoms with Gasteiger partial charge in [0.05, 0.1) is 24.3 Å². The molecule has 11 heteroatoms. The van der Waals surface area contributed by atoms with Gasteiger partial charge < -0.3 is 29.9 Å². The first-order chi connectivity index (χ1) is 20.3. The van der Waals surface area contributed by atoms with Crippen LogP contribution in [0.1, 0.15) is 68.6 Å². The zero-order chi connectivity index (χ0) is 31.7. The van der Waals surface area contributed by atoms with Gasteiger partial charge in [-0.1, -0.05) is 36.3 Å². The molecule has 2 unspecified atom stereocenters. The van der Waals surface area contributed by atoms with Gasteiger partial charge in [0.15, 0.2) is 0 Å². The van der Waals surface area contributed by atoms with Crippen LogP contribution in [0, 0.1) is 11.8 Å². The average molecular weight is 591 g/mol. The van der Waals surface area contributed by atoms with Crippen LogP contribution in [0.2, 0.25) is 0 Å². The highest BCUT2D eigenvalue weighted by atomic mass is 16.6. The van der Waals surface area contributed by atoms with Gasteiger partial charge in [0.2, 0.25) is 0 Å². The maximum absolute atomic E-state index is 14.1. The monoisotopic (exact) mass is 590 g/mol. The van der Waals surface area contributed by atoms with Crippen LogP contribution < -0.4 is 15.5 Å². The van der Waals surface area contributed by atoms with Crippen molar-refractivity contribution < 1.29 is 33.4 Å². The fourth-order valence-electron chi connectivity index (χ4n) is 4.54. The normalized spacial score (nSPS) is 15.3. The van der Waals surface area contributed by atoms with Gasteiger partial charge in [-0.15, -0.1) is 0 Å². The predicted octanol–water partition coefficient (Wildman–Crippen LogP) is 3.18. The molecule has 1 aliphatic heterocycles. The number of nitrogens with zero attached hydrogens (tertiary/aromatic N) is 2. The molecule has 3 rings (SSSR count). The van der Waals surface area contributed by atoms with Gasteiger partial charge in [0.1, 0.15) is 11.6 Å². The smallest absolute Gasteiger partial charge is 0.407 e. The Morgan fingerprint density at radius 1 is 1.02 bits per heavy atom. The molecule has 0 spiro atoms. The Hall–Kier alpha value is -4.85. The van der Waals surface area contributed by atoms with E-state index in [1.54, 1.807) is 78.1 Å². The lowest BCUT2D eigenvalue weighted by Crippen LogP contribution is -2.46. The molecule has 11 nitrogen and oxygen atoms in total. The average Bonchev–Trinajstić information content (AvgIpc) is 3.02. The maximum Gasteiger partial charge on any atom is 0.407 e. The molecule has 4 amide bonds. The second kappa shape index (κ2) is 14.4. The number of esters is 1. The van der Waals surface area contributed by atoms with Crippen LogP contribution in [0.4, 0.5) is 10.5 Å². The number of anilines is 1. The summed E-state index contributed by atoms with van der Waals surface area (Å²) in [4.78, 5) is 67.2. The summed E-state index contributed by atoms with van der Waals surface area (Å²) in [6.07, 6.45) is -0.691. The van der Waals surface area contributed by atoms with E-state index in [1.807, 2.05) is 6.07 Å². The van der Waals surface area contributed by atoms with Gasteiger partial charge in [-0.3, -0.25) is 19.2 Å². The summed E-state index contributed by atoms with van der Waals surface area (Å²) in [6, 6.07) is 12.0. The molecule has 1 heterocycles.